The highest BCUT2D eigenvalue weighted by Gasteiger charge is 2.34. The van der Waals surface area contributed by atoms with Crippen molar-refractivity contribution in [2.45, 2.75) is 32.2 Å². The molecule has 0 aliphatic rings. The Bertz CT molecular complexity index is 1110. The van der Waals surface area contributed by atoms with Crippen LogP contribution in [0.1, 0.15) is 35.3 Å². The molecule has 182 valence electrons. The average Bonchev–Trinajstić information content (AvgIpc) is 3.31. The van der Waals surface area contributed by atoms with E-state index >= 15 is 0 Å². The summed E-state index contributed by atoms with van der Waals surface area (Å²) in [7, 11) is 0. The normalized spacial score (nSPS) is 12.9. The summed E-state index contributed by atoms with van der Waals surface area (Å²) in [6, 6.07) is 3.42. The molecule has 3 rings (SSSR count). The second-order valence-electron chi connectivity index (χ2n) is 7.18. The number of carbonyl (C=O) groups excluding carboxylic acids is 1. The fraction of sp³-hybridized carbons (Fsp3) is 0.333. The number of carbonyl (C=O) groups is 1. The summed E-state index contributed by atoms with van der Waals surface area (Å²) >= 11 is 0. The van der Waals surface area contributed by atoms with Crippen LogP contribution in [0, 0.1) is 0 Å². The number of likely N-dealkylation sites (N-methyl/N-ethyl adjacent to an activating group) is 1. The number of hydrogen-bond donors (Lipinski definition) is 0. The molecule has 1 amide bonds. The molecule has 0 aliphatic heterocycles. The molecule has 7 nitrogen and oxygen atoms in total. The first-order valence-corrected chi connectivity index (χ1v) is 9.96. The lowest BCUT2D eigenvalue weighted by molar-refractivity contribution is -0.138. The first-order chi connectivity index (χ1) is 15.9. The molecule has 13 heteroatoms. The van der Waals surface area contributed by atoms with Gasteiger partial charge >= 0.3 is 12.4 Å². The zero-order chi connectivity index (χ0) is 25.1. The SMILES string of the molecule is CCN(C(=O)c1cc(C(F)(F)F)cnc1-n1cccn1)C(C)COc1ccc(C(F)(F)F)cn1. The minimum absolute atomic E-state index is 0.0843. The van der Waals surface area contributed by atoms with E-state index < -0.39 is 35.4 Å². The molecule has 3 heterocycles. The van der Waals surface area contributed by atoms with Gasteiger partial charge in [0.2, 0.25) is 5.88 Å². The lowest BCUT2D eigenvalue weighted by Gasteiger charge is -2.28. The predicted octanol–water partition coefficient (Wildman–Crippen LogP) is 4.63. The molecule has 3 aromatic heterocycles. The maximum atomic E-state index is 13.3. The molecule has 0 radical (unpaired) electrons. The Morgan fingerprint density at radius 1 is 1.09 bits per heavy atom. The quantitative estimate of drug-likeness (QED) is 0.455. The molecule has 0 aromatic carbocycles. The zero-order valence-electron chi connectivity index (χ0n) is 17.9. The van der Waals surface area contributed by atoms with Crippen molar-refractivity contribution >= 4 is 5.91 Å². The first kappa shape index (κ1) is 25.0. The van der Waals surface area contributed by atoms with E-state index in [0.29, 0.717) is 18.5 Å². The van der Waals surface area contributed by atoms with Crippen LogP contribution in [0.25, 0.3) is 5.82 Å². The number of amides is 1. The fourth-order valence-corrected chi connectivity index (χ4v) is 3.09. The van der Waals surface area contributed by atoms with E-state index in [2.05, 4.69) is 15.1 Å². The lowest BCUT2D eigenvalue weighted by atomic mass is 10.1. The third kappa shape index (κ3) is 5.64. The van der Waals surface area contributed by atoms with Crippen LogP contribution in [-0.2, 0) is 12.4 Å². The van der Waals surface area contributed by atoms with Gasteiger partial charge in [-0.2, -0.15) is 31.4 Å². The van der Waals surface area contributed by atoms with E-state index in [0.717, 1.165) is 12.1 Å². The van der Waals surface area contributed by atoms with Crippen molar-refractivity contribution in [3.05, 3.63) is 65.7 Å². The summed E-state index contributed by atoms with van der Waals surface area (Å²) in [5.41, 5.74) is -2.36. The molecular formula is C21H19F6N5O2. The van der Waals surface area contributed by atoms with Gasteiger partial charge in [0.25, 0.3) is 5.91 Å². The van der Waals surface area contributed by atoms with E-state index in [9.17, 15) is 31.1 Å². The Hall–Kier alpha value is -3.64. The Kier molecular flexibility index (Phi) is 7.12. The van der Waals surface area contributed by atoms with Crippen molar-refractivity contribution in [2.24, 2.45) is 0 Å². The van der Waals surface area contributed by atoms with Crippen LogP contribution in [-0.4, -0.2) is 49.7 Å². The lowest BCUT2D eigenvalue weighted by Crippen LogP contribution is -2.42. The van der Waals surface area contributed by atoms with E-state index in [4.69, 9.17) is 4.74 Å². The summed E-state index contributed by atoms with van der Waals surface area (Å²) in [4.78, 5) is 21.9. The number of pyridine rings is 2. The molecule has 34 heavy (non-hydrogen) atoms. The van der Waals surface area contributed by atoms with E-state index in [1.54, 1.807) is 13.8 Å². The molecule has 0 bridgehead atoms. The summed E-state index contributed by atoms with van der Waals surface area (Å²) in [5.74, 6) is -0.927. The zero-order valence-corrected chi connectivity index (χ0v) is 17.9. The van der Waals surface area contributed by atoms with Crippen molar-refractivity contribution in [3.63, 3.8) is 0 Å². The monoisotopic (exact) mass is 487 g/mol. The standard InChI is InChI=1S/C21H19F6N5O2/c1-3-31(13(2)12-34-17-6-5-14(10-28-17)20(22,23)24)19(33)16-9-15(21(25,26)27)11-29-18(16)32-8-4-7-30-32/h4-11,13H,3,12H2,1-2H3. The van der Waals surface area contributed by atoms with Crippen molar-refractivity contribution < 1.29 is 35.9 Å². The third-order valence-electron chi connectivity index (χ3n) is 4.82. The highest BCUT2D eigenvalue weighted by Crippen LogP contribution is 2.31. The second-order valence-corrected chi connectivity index (χ2v) is 7.18. The Labute approximate surface area is 190 Å². The van der Waals surface area contributed by atoms with E-state index in [-0.39, 0.29) is 30.4 Å². The van der Waals surface area contributed by atoms with Gasteiger partial charge in [-0.15, -0.1) is 0 Å². The molecule has 0 spiro atoms. The smallest absolute Gasteiger partial charge is 0.417 e. The first-order valence-electron chi connectivity index (χ1n) is 9.96. The molecule has 0 fully saturated rings. The summed E-state index contributed by atoms with van der Waals surface area (Å²) in [6.07, 6.45) is -5.20. The Morgan fingerprint density at radius 3 is 2.29 bits per heavy atom. The molecule has 3 aromatic rings. The molecular weight excluding hydrogens is 468 g/mol. The van der Waals surface area contributed by atoms with Gasteiger partial charge in [-0.3, -0.25) is 4.79 Å². The van der Waals surface area contributed by atoms with Gasteiger partial charge in [-0.1, -0.05) is 0 Å². The number of hydrogen-bond acceptors (Lipinski definition) is 5. The number of ether oxygens (including phenoxy) is 1. The fourth-order valence-electron chi connectivity index (χ4n) is 3.09. The molecule has 0 aliphatic carbocycles. The number of rotatable bonds is 7. The number of aromatic nitrogens is 4. The van der Waals surface area contributed by atoms with Crippen molar-refractivity contribution in [3.8, 4) is 11.7 Å². The average molecular weight is 487 g/mol. The van der Waals surface area contributed by atoms with Gasteiger partial charge in [0, 0.05) is 37.4 Å². The third-order valence-corrected chi connectivity index (χ3v) is 4.82. The van der Waals surface area contributed by atoms with Crippen LogP contribution >= 0.6 is 0 Å². The van der Waals surface area contributed by atoms with Gasteiger partial charge in [0.15, 0.2) is 5.82 Å². The summed E-state index contributed by atoms with van der Waals surface area (Å²) in [5, 5.41) is 3.94. The number of alkyl halides is 6. The largest absolute Gasteiger partial charge is 0.475 e. The summed E-state index contributed by atoms with van der Waals surface area (Å²) in [6.45, 7) is 3.15. The van der Waals surface area contributed by atoms with Crippen LogP contribution in [0.3, 0.4) is 0 Å². The van der Waals surface area contributed by atoms with Gasteiger partial charge in [0.1, 0.15) is 6.61 Å². The van der Waals surface area contributed by atoms with Gasteiger partial charge < -0.3 is 9.64 Å². The second kappa shape index (κ2) is 9.69. The number of halogens is 6. The van der Waals surface area contributed by atoms with Gasteiger partial charge in [-0.25, -0.2) is 14.6 Å². The van der Waals surface area contributed by atoms with Crippen LogP contribution in [0.15, 0.2) is 49.1 Å². The van der Waals surface area contributed by atoms with Crippen LogP contribution < -0.4 is 4.74 Å². The molecule has 0 N–H and O–H groups in total. The van der Waals surface area contributed by atoms with Crippen LogP contribution in [0.4, 0.5) is 26.3 Å². The van der Waals surface area contributed by atoms with Gasteiger partial charge in [-0.05, 0) is 32.0 Å². The summed E-state index contributed by atoms with van der Waals surface area (Å²) < 4.78 is 84.4. The highest BCUT2D eigenvalue weighted by atomic mass is 19.4. The van der Waals surface area contributed by atoms with E-state index in [1.807, 2.05) is 0 Å². The van der Waals surface area contributed by atoms with Crippen LogP contribution in [0.5, 0.6) is 5.88 Å². The van der Waals surface area contributed by atoms with E-state index in [1.165, 1.54) is 28.0 Å². The Morgan fingerprint density at radius 2 is 1.76 bits per heavy atom. The Balaban J connectivity index is 1.82. The maximum Gasteiger partial charge on any atom is 0.417 e. The van der Waals surface area contributed by atoms with Gasteiger partial charge in [0.05, 0.1) is 22.7 Å². The molecule has 0 saturated heterocycles. The topological polar surface area (TPSA) is 73.1 Å². The molecule has 0 saturated carbocycles. The molecule has 1 atom stereocenters. The number of nitrogens with zero attached hydrogens (tertiary/aromatic N) is 5. The minimum atomic E-state index is -4.72. The highest BCUT2D eigenvalue weighted by molar-refractivity contribution is 5.97. The van der Waals surface area contributed by atoms with Crippen molar-refractivity contribution in [2.75, 3.05) is 13.2 Å². The van der Waals surface area contributed by atoms with Crippen molar-refractivity contribution in [1.29, 1.82) is 0 Å². The van der Waals surface area contributed by atoms with Crippen molar-refractivity contribution in [1.82, 2.24) is 24.6 Å². The minimum Gasteiger partial charge on any atom is -0.475 e. The maximum absolute atomic E-state index is 13.3. The van der Waals surface area contributed by atoms with Crippen LogP contribution in [0.2, 0.25) is 0 Å². The molecule has 1 unspecified atom stereocenters. The predicted molar refractivity (Wildman–Crippen MR) is 107 cm³/mol.